The summed E-state index contributed by atoms with van der Waals surface area (Å²) in [6, 6.07) is 17.6. The molecular weight excluding hydrogens is 545 g/mol. The molecule has 3 aromatic rings. The Morgan fingerprint density at radius 1 is 0.929 bits per heavy atom. The summed E-state index contributed by atoms with van der Waals surface area (Å²) in [5.41, 5.74) is -0.847. The second-order valence-corrected chi connectivity index (χ2v) is 11.8. The van der Waals surface area contributed by atoms with Crippen LogP contribution in [0.2, 0.25) is 0 Å². The number of alkyl halides is 3. The fraction of sp³-hybridized carbons (Fsp3) is 0.469. The molecule has 3 aliphatic rings. The summed E-state index contributed by atoms with van der Waals surface area (Å²) in [5.74, 6) is -2.38. The number of likely N-dealkylation sites (N-methyl/N-ethyl adjacent to an activating group) is 1. The Kier molecular flexibility index (Phi) is 7.15. The first-order chi connectivity index (χ1) is 20.0. The fourth-order valence-electron chi connectivity index (χ4n) is 7.51. The summed E-state index contributed by atoms with van der Waals surface area (Å²) in [6.07, 6.45) is -3.60. The summed E-state index contributed by atoms with van der Waals surface area (Å²) < 4.78 is 40.8. The van der Waals surface area contributed by atoms with E-state index in [4.69, 9.17) is 0 Å². The molecule has 3 aliphatic heterocycles. The number of halogens is 3. The SMILES string of the molecule is CCN1C(=O)C2(CC1C)CN(C1CCN(C(=O)c3c4ccccc4cc4ccccc34)CC1)CCN2C(=O)C(F)(F)F. The van der Waals surface area contributed by atoms with Crippen LogP contribution in [0.1, 0.15) is 43.5 Å². The maximum Gasteiger partial charge on any atom is 0.471 e. The smallest absolute Gasteiger partial charge is 0.338 e. The van der Waals surface area contributed by atoms with Gasteiger partial charge in [-0.25, -0.2) is 0 Å². The molecule has 3 fully saturated rings. The number of hydrogen-bond donors (Lipinski definition) is 0. The molecule has 0 aromatic heterocycles. The number of piperidine rings is 1. The van der Waals surface area contributed by atoms with Crippen molar-refractivity contribution < 1.29 is 27.6 Å². The monoisotopic (exact) mass is 580 g/mol. The minimum absolute atomic E-state index is 0.00268. The maximum atomic E-state index is 14.0. The van der Waals surface area contributed by atoms with E-state index in [1.54, 1.807) is 11.8 Å². The molecule has 7 nitrogen and oxygen atoms in total. The van der Waals surface area contributed by atoms with Crippen molar-refractivity contribution in [2.75, 3.05) is 39.3 Å². The number of hydrogen-bond acceptors (Lipinski definition) is 4. The molecule has 3 amide bonds. The third-order valence-electron chi connectivity index (χ3n) is 9.50. The van der Waals surface area contributed by atoms with Crippen molar-refractivity contribution >= 4 is 39.3 Å². The van der Waals surface area contributed by atoms with E-state index < -0.39 is 23.5 Å². The predicted molar refractivity (Wildman–Crippen MR) is 154 cm³/mol. The quantitative estimate of drug-likeness (QED) is 0.422. The summed E-state index contributed by atoms with van der Waals surface area (Å²) in [5, 5.41) is 3.82. The van der Waals surface area contributed by atoms with Crippen LogP contribution < -0.4 is 0 Å². The van der Waals surface area contributed by atoms with Crippen LogP contribution >= 0.6 is 0 Å². The van der Waals surface area contributed by atoms with Crippen molar-refractivity contribution in [2.45, 2.75) is 56.9 Å². The number of fused-ring (bicyclic) bond motifs is 2. The van der Waals surface area contributed by atoms with Crippen LogP contribution in [0, 0.1) is 0 Å². The zero-order chi connectivity index (χ0) is 29.8. The van der Waals surface area contributed by atoms with Crippen LogP contribution in [0.15, 0.2) is 54.6 Å². The standard InChI is InChI=1S/C32H35F3N4O3/c1-3-38-21(2)19-31(29(38)41)20-37(16-17-39(31)30(42)32(33,34)35)24-12-14-36(15-13-24)28(40)27-25-10-6-4-8-22(25)18-23-9-5-7-11-26(23)27/h4-11,18,21,24H,3,12-17,19-20H2,1-2H3. The summed E-state index contributed by atoms with van der Waals surface area (Å²) >= 11 is 0. The number of likely N-dealkylation sites (tertiary alicyclic amines) is 2. The highest BCUT2D eigenvalue weighted by atomic mass is 19.4. The lowest BCUT2D eigenvalue weighted by atomic mass is 9.87. The van der Waals surface area contributed by atoms with Crippen molar-refractivity contribution in [1.29, 1.82) is 0 Å². The fourth-order valence-corrected chi connectivity index (χ4v) is 7.51. The number of rotatable bonds is 3. The molecule has 222 valence electrons. The Morgan fingerprint density at radius 2 is 1.52 bits per heavy atom. The molecule has 42 heavy (non-hydrogen) atoms. The molecule has 3 aromatic carbocycles. The van der Waals surface area contributed by atoms with E-state index in [2.05, 4.69) is 11.0 Å². The molecule has 0 radical (unpaired) electrons. The molecule has 3 saturated heterocycles. The Morgan fingerprint density at radius 3 is 2.07 bits per heavy atom. The van der Waals surface area contributed by atoms with Crippen LogP contribution in [-0.2, 0) is 9.59 Å². The second kappa shape index (κ2) is 10.6. The zero-order valence-corrected chi connectivity index (χ0v) is 23.9. The van der Waals surface area contributed by atoms with Gasteiger partial charge in [0.2, 0.25) is 5.91 Å². The van der Waals surface area contributed by atoms with Crippen LogP contribution in [-0.4, -0.2) is 100 Å². The molecule has 0 saturated carbocycles. The van der Waals surface area contributed by atoms with Gasteiger partial charge in [0.15, 0.2) is 0 Å². The van der Waals surface area contributed by atoms with Gasteiger partial charge in [0.05, 0.1) is 5.56 Å². The normalized spacial score (nSPS) is 24.4. The van der Waals surface area contributed by atoms with Gasteiger partial charge in [-0.05, 0) is 54.3 Å². The minimum Gasteiger partial charge on any atom is -0.338 e. The highest BCUT2D eigenvalue weighted by molar-refractivity contribution is 6.18. The summed E-state index contributed by atoms with van der Waals surface area (Å²) in [4.78, 5) is 46.4. The van der Waals surface area contributed by atoms with Gasteiger partial charge in [-0.3, -0.25) is 19.3 Å². The Bertz CT molecular complexity index is 1500. The summed E-state index contributed by atoms with van der Waals surface area (Å²) in [6.45, 7) is 5.17. The first-order valence-electron chi connectivity index (χ1n) is 14.7. The third-order valence-corrected chi connectivity index (χ3v) is 9.50. The number of piperazine rings is 1. The van der Waals surface area contributed by atoms with E-state index in [-0.39, 0.29) is 44.0 Å². The molecular formula is C32H35F3N4O3. The van der Waals surface area contributed by atoms with Crippen molar-refractivity contribution in [3.8, 4) is 0 Å². The maximum absolute atomic E-state index is 14.0. The number of benzene rings is 3. The topological polar surface area (TPSA) is 64.2 Å². The van der Waals surface area contributed by atoms with Crippen LogP contribution in [0.3, 0.4) is 0 Å². The minimum atomic E-state index is -5.05. The van der Waals surface area contributed by atoms with Crippen LogP contribution in [0.5, 0.6) is 0 Å². The van der Waals surface area contributed by atoms with Gasteiger partial charge >= 0.3 is 12.1 Å². The van der Waals surface area contributed by atoms with Gasteiger partial charge in [-0.15, -0.1) is 0 Å². The third kappa shape index (κ3) is 4.60. The largest absolute Gasteiger partial charge is 0.471 e. The molecule has 0 bridgehead atoms. The van der Waals surface area contributed by atoms with E-state index in [9.17, 15) is 27.6 Å². The van der Waals surface area contributed by atoms with Gasteiger partial charge in [-0.2, -0.15) is 13.2 Å². The van der Waals surface area contributed by atoms with E-state index in [0.717, 1.165) is 26.4 Å². The average molecular weight is 581 g/mol. The number of amides is 3. The number of carbonyl (C=O) groups excluding carboxylic acids is 3. The van der Waals surface area contributed by atoms with Gasteiger partial charge in [0.1, 0.15) is 5.54 Å². The average Bonchev–Trinajstić information content (AvgIpc) is 3.22. The van der Waals surface area contributed by atoms with Gasteiger partial charge in [-0.1, -0.05) is 48.5 Å². The Hall–Kier alpha value is -3.66. The van der Waals surface area contributed by atoms with Gasteiger partial charge in [0.25, 0.3) is 5.91 Å². The van der Waals surface area contributed by atoms with E-state index in [1.165, 1.54) is 0 Å². The number of carbonyl (C=O) groups is 3. The molecule has 1 spiro atoms. The lowest BCUT2D eigenvalue weighted by Gasteiger charge is -2.50. The highest BCUT2D eigenvalue weighted by Gasteiger charge is 2.61. The van der Waals surface area contributed by atoms with Gasteiger partial charge < -0.3 is 14.7 Å². The first kappa shape index (κ1) is 28.5. The van der Waals surface area contributed by atoms with Crippen molar-refractivity contribution in [1.82, 2.24) is 19.6 Å². The summed E-state index contributed by atoms with van der Waals surface area (Å²) in [7, 11) is 0. The van der Waals surface area contributed by atoms with E-state index in [0.29, 0.717) is 38.0 Å². The first-order valence-corrected chi connectivity index (χ1v) is 14.7. The van der Waals surface area contributed by atoms with Crippen LogP contribution in [0.4, 0.5) is 13.2 Å². The zero-order valence-electron chi connectivity index (χ0n) is 23.9. The van der Waals surface area contributed by atoms with E-state index in [1.807, 2.05) is 60.4 Å². The van der Waals surface area contributed by atoms with Crippen molar-refractivity contribution in [3.05, 3.63) is 60.2 Å². The molecule has 2 unspecified atom stereocenters. The molecule has 6 rings (SSSR count). The molecule has 10 heteroatoms. The Labute approximate surface area is 242 Å². The number of nitrogens with zero attached hydrogens (tertiary/aromatic N) is 4. The lowest BCUT2D eigenvalue weighted by molar-refractivity contribution is -0.197. The Balaban J connectivity index is 1.22. The lowest BCUT2D eigenvalue weighted by Crippen LogP contribution is -2.70. The molecule has 0 aliphatic carbocycles. The molecule has 3 heterocycles. The predicted octanol–water partition coefficient (Wildman–Crippen LogP) is 4.68. The molecule has 2 atom stereocenters. The van der Waals surface area contributed by atoms with Gasteiger partial charge in [0, 0.05) is 57.8 Å². The second-order valence-electron chi connectivity index (χ2n) is 11.8. The van der Waals surface area contributed by atoms with E-state index >= 15 is 0 Å². The van der Waals surface area contributed by atoms with Crippen LogP contribution in [0.25, 0.3) is 21.5 Å². The van der Waals surface area contributed by atoms with Crippen molar-refractivity contribution in [3.63, 3.8) is 0 Å². The molecule has 0 N–H and O–H groups in total. The highest BCUT2D eigenvalue weighted by Crippen LogP contribution is 2.40. The van der Waals surface area contributed by atoms with Crippen molar-refractivity contribution in [2.24, 2.45) is 0 Å².